The lowest BCUT2D eigenvalue weighted by Crippen LogP contribution is -2.23. The summed E-state index contributed by atoms with van der Waals surface area (Å²) in [5.74, 6) is 1.17. The first-order chi connectivity index (χ1) is 20.6. The molecule has 0 atom stereocenters. The molecule has 43 heavy (non-hydrogen) atoms. The molecule has 0 saturated heterocycles. The van der Waals surface area contributed by atoms with Gasteiger partial charge >= 0.3 is 0 Å². The molecule has 0 fully saturated rings. The second kappa shape index (κ2) is 18.0. The summed E-state index contributed by atoms with van der Waals surface area (Å²) in [6.45, 7) is 0.634. The third-order valence-electron chi connectivity index (χ3n) is 5.74. The number of rotatable bonds is 9. The van der Waals surface area contributed by atoms with Crippen molar-refractivity contribution in [2.45, 2.75) is 13.1 Å². The first-order valence-corrected chi connectivity index (χ1v) is 13.1. The second-order valence-electron chi connectivity index (χ2n) is 8.55. The van der Waals surface area contributed by atoms with Crippen molar-refractivity contribution in [3.8, 4) is 23.0 Å². The fraction of sp³-hybridized carbons (Fsp3) is 0.188. The molecule has 0 aliphatic carbocycles. The van der Waals surface area contributed by atoms with Crippen molar-refractivity contribution in [2.75, 3.05) is 28.4 Å². The number of carbonyl (C=O) groups excluding carboxylic acids is 2. The Hall–Kier alpha value is -4.67. The SMILES string of the molecule is COc1ccc(OC)c(C(=O)Cl)c1.COc1ccc(OC)c(C(=O)NCc2cccc(F)c2)c1.NCc1cccc(F)c1. The summed E-state index contributed by atoms with van der Waals surface area (Å²) in [6, 6.07) is 22.2. The summed E-state index contributed by atoms with van der Waals surface area (Å²) in [5.41, 5.74) is 7.44. The molecule has 0 aromatic heterocycles. The van der Waals surface area contributed by atoms with Gasteiger partial charge < -0.3 is 30.0 Å². The Morgan fingerprint density at radius 2 is 1.19 bits per heavy atom. The van der Waals surface area contributed by atoms with E-state index in [2.05, 4.69) is 5.32 Å². The Balaban J connectivity index is 0.000000249. The summed E-state index contributed by atoms with van der Waals surface area (Å²) in [7, 11) is 6.01. The van der Waals surface area contributed by atoms with Crippen molar-refractivity contribution < 1.29 is 37.3 Å². The van der Waals surface area contributed by atoms with E-state index in [0.717, 1.165) is 5.56 Å². The molecule has 4 rings (SSSR count). The normalized spacial score (nSPS) is 9.77. The van der Waals surface area contributed by atoms with Crippen molar-refractivity contribution in [3.05, 3.63) is 119 Å². The molecule has 4 aromatic carbocycles. The van der Waals surface area contributed by atoms with E-state index in [-0.39, 0.29) is 24.1 Å². The average Bonchev–Trinajstić information content (AvgIpc) is 3.03. The Morgan fingerprint density at radius 1 is 0.698 bits per heavy atom. The minimum atomic E-state index is -0.559. The van der Waals surface area contributed by atoms with Gasteiger partial charge in [-0.25, -0.2) is 8.78 Å². The number of halogens is 3. The lowest BCUT2D eigenvalue weighted by Gasteiger charge is -2.11. The molecule has 0 heterocycles. The van der Waals surface area contributed by atoms with E-state index in [0.29, 0.717) is 46.2 Å². The highest BCUT2D eigenvalue weighted by atomic mass is 35.5. The van der Waals surface area contributed by atoms with Crippen molar-refractivity contribution in [2.24, 2.45) is 5.73 Å². The van der Waals surface area contributed by atoms with E-state index in [4.69, 9.17) is 36.3 Å². The molecule has 0 saturated carbocycles. The maximum absolute atomic E-state index is 13.1. The molecule has 0 radical (unpaired) electrons. The third kappa shape index (κ3) is 11.3. The van der Waals surface area contributed by atoms with Gasteiger partial charge in [0.15, 0.2) is 0 Å². The van der Waals surface area contributed by atoms with Gasteiger partial charge in [-0.3, -0.25) is 9.59 Å². The van der Waals surface area contributed by atoms with Crippen LogP contribution in [0.1, 0.15) is 31.8 Å². The van der Waals surface area contributed by atoms with E-state index in [1.807, 2.05) is 0 Å². The molecule has 0 unspecified atom stereocenters. The minimum Gasteiger partial charge on any atom is -0.497 e. The van der Waals surface area contributed by atoms with E-state index >= 15 is 0 Å². The largest absolute Gasteiger partial charge is 0.497 e. The highest BCUT2D eigenvalue weighted by Gasteiger charge is 2.13. The van der Waals surface area contributed by atoms with Gasteiger partial charge in [0.25, 0.3) is 11.1 Å². The number of hydrogen-bond acceptors (Lipinski definition) is 7. The molecule has 228 valence electrons. The number of benzene rings is 4. The van der Waals surface area contributed by atoms with Crippen LogP contribution in [0.25, 0.3) is 0 Å². The van der Waals surface area contributed by atoms with Gasteiger partial charge in [-0.15, -0.1) is 0 Å². The first-order valence-electron chi connectivity index (χ1n) is 12.8. The summed E-state index contributed by atoms with van der Waals surface area (Å²) in [5, 5.41) is 2.17. The molecule has 0 aliphatic heterocycles. The predicted octanol–water partition coefficient (Wildman–Crippen LogP) is 6.14. The molecule has 4 aromatic rings. The van der Waals surface area contributed by atoms with Crippen molar-refractivity contribution in [3.63, 3.8) is 0 Å². The lowest BCUT2D eigenvalue weighted by atomic mass is 10.1. The number of nitrogens with two attached hydrogens (primary N) is 1. The summed E-state index contributed by atoms with van der Waals surface area (Å²) in [6.07, 6.45) is 0. The quantitative estimate of drug-likeness (QED) is 0.218. The summed E-state index contributed by atoms with van der Waals surface area (Å²) in [4.78, 5) is 23.1. The Morgan fingerprint density at radius 3 is 1.63 bits per heavy atom. The number of hydrogen-bond donors (Lipinski definition) is 2. The zero-order chi connectivity index (χ0) is 31.8. The molecular weight excluding hydrogens is 582 g/mol. The number of methoxy groups -OCH3 is 4. The van der Waals surface area contributed by atoms with Gasteiger partial charge in [-0.1, -0.05) is 24.3 Å². The maximum Gasteiger partial charge on any atom is 0.256 e. The van der Waals surface area contributed by atoms with Crippen LogP contribution in [-0.4, -0.2) is 39.6 Å². The van der Waals surface area contributed by atoms with Crippen LogP contribution in [0, 0.1) is 11.6 Å². The Bertz CT molecular complexity index is 1500. The monoisotopic (exact) mass is 614 g/mol. The van der Waals surface area contributed by atoms with Crippen LogP contribution in [-0.2, 0) is 13.1 Å². The van der Waals surface area contributed by atoms with Gasteiger partial charge in [-0.2, -0.15) is 0 Å². The number of amides is 1. The van der Waals surface area contributed by atoms with E-state index in [9.17, 15) is 18.4 Å². The zero-order valence-corrected chi connectivity index (χ0v) is 24.9. The van der Waals surface area contributed by atoms with Gasteiger partial charge in [-0.05, 0) is 83.4 Å². The molecule has 8 nitrogen and oxygen atoms in total. The van der Waals surface area contributed by atoms with Crippen LogP contribution in [0.15, 0.2) is 84.9 Å². The van der Waals surface area contributed by atoms with Crippen LogP contribution in [0.3, 0.4) is 0 Å². The Kier molecular flexibility index (Phi) is 14.4. The van der Waals surface area contributed by atoms with Crippen LogP contribution in [0.2, 0.25) is 0 Å². The van der Waals surface area contributed by atoms with Crippen LogP contribution in [0.5, 0.6) is 23.0 Å². The zero-order valence-electron chi connectivity index (χ0n) is 24.2. The van der Waals surface area contributed by atoms with E-state index < -0.39 is 5.24 Å². The molecule has 0 bridgehead atoms. The fourth-order valence-electron chi connectivity index (χ4n) is 3.55. The number of carbonyl (C=O) groups is 2. The van der Waals surface area contributed by atoms with Crippen LogP contribution >= 0.6 is 11.6 Å². The van der Waals surface area contributed by atoms with E-state index in [1.54, 1.807) is 54.6 Å². The average molecular weight is 615 g/mol. The number of ether oxygens (including phenoxy) is 4. The molecule has 0 aliphatic rings. The van der Waals surface area contributed by atoms with Gasteiger partial charge in [0.1, 0.15) is 34.6 Å². The molecule has 1 amide bonds. The molecular formula is C32H33ClF2N2O6. The lowest BCUT2D eigenvalue weighted by molar-refractivity contribution is 0.0947. The molecule has 11 heteroatoms. The maximum atomic E-state index is 13.1. The van der Waals surface area contributed by atoms with Crippen LogP contribution < -0.4 is 30.0 Å². The molecule has 3 N–H and O–H groups in total. The minimum absolute atomic E-state index is 0.224. The summed E-state index contributed by atoms with van der Waals surface area (Å²) < 4.78 is 45.5. The first kappa shape index (κ1) is 34.5. The highest BCUT2D eigenvalue weighted by Crippen LogP contribution is 2.25. The smallest absolute Gasteiger partial charge is 0.256 e. The number of nitrogens with one attached hydrogen (secondary N) is 1. The topological polar surface area (TPSA) is 109 Å². The van der Waals surface area contributed by atoms with Crippen LogP contribution in [0.4, 0.5) is 8.78 Å². The Labute approximate surface area is 254 Å². The van der Waals surface area contributed by atoms with Gasteiger partial charge in [0.2, 0.25) is 0 Å². The predicted molar refractivity (Wildman–Crippen MR) is 161 cm³/mol. The van der Waals surface area contributed by atoms with Gasteiger partial charge in [0, 0.05) is 13.1 Å². The van der Waals surface area contributed by atoms with Crippen molar-refractivity contribution in [1.82, 2.24) is 5.32 Å². The van der Waals surface area contributed by atoms with E-state index in [1.165, 1.54) is 58.8 Å². The molecule has 0 spiro atoms. The highest BCUT2D eigenvalue weighted by molar-refractivity contribution is 6.68. The van der Waals surface area contributed by atoms with Gasteiger partial charge in [0.05, 0.1) is 39.6 Å². The summed E-state index contributed by atoms with van der Waals surface area (Å²) >= 11 is 5.34. The second-order valence-corrected chi connectivity index (χ2v) is 8.90. The van der Waals surface area contributed by atoms with Crippen molar-refractivity contribution >= 4 is 22.8 Å². The van der Waals surface area contributed by atoms with Crippen molar-refractivity contribution in [1.29, 1.82) is 0 Å². The fourth-order valence-corrected chi connectivity index (χ4v) is 3.70. The standard InChI is InChI=1S/C16H16FNO3.C9H9ClO3.C7H8FN/c1-20-13-6-7-15(21-2)14(9-13)16(19)18-10-11-4-3-5-12(17)8-11;1-12-6-3-4-8(13-2)7(5-6)9(10)11;8-7-3-1-2-6(4-7)5-9/h3-9H,10H2,1-2H3,(H,18,19);3-5H,1-2H3;1-4H,5,9H2. The third-order valence-corrected chi connectivity index (χ3v) is 5.94.